The van der Waals surface area contributed by atoms with E-state index in [0.29, 0.717) is 18.0 Å². The lowest BCUT2D eigenvalue weighted by atomic mass is 10.3. The minimum atomic E-state index is -3.53. The van der Waals surface area contributed by atoms with Gasteiger partial charge in [0, 0.05) is 12.6 Å². The van der Waals surface area contributed by atoms with Crippen LogP contribution in [0.1, 0.15) is 20.3 Å². The summed E-state index contributed by atoms with van der Waals surface area (Å²) in [5.41, 5.74) is 0. The molecule has 0 aliphatic rings. The van der Waals surface area contributed by atoms with Gasteiger partial charge in [0.15, 0.2) is 11.5 Å². The third kappa shape index (κ3) is 6.55. The minimum absolute atomic E-state index is 0. The maximum atomic E-state index is 12.3. The molecule has 23 heavy (non-hydrogen) atoms. The molecule has 0 bridgehead atoms. The van der Waals surface area contributed by atoms with Crippen molar-refractivity contribution in [1.82, 2.24) is 9.62 Å². The zero-order valence-electron chi connectivity index (χ0n) is 14.1. The van der Waals surface area contributed by atoms with Crippen LogP contribution >= 0.6 is 0 Å². The number of sulfonamides is 1. The SMILES string of the molecule is CCN(CC)CCCNS(=O)(=O)c1ccc(OC)c(OC)c1.[Cl-]. The maximum Gasteiger partial charge on any atom is 0.240 e. The highest BCUT2D eigenvalue weighted by atomic mass is 35.5. The molecule has 0 saturated carbocycles. The summed E-state index contributed by atoms with van der Waals surface area (Å²) in [6.45, 7) is 7.42. The number of nitrogens with zero attached hydrogens (tertiary/aromatic N) is 1. The van der Waals surface area contributed by atoms with Crippen LogP contribution in [0, 0.1) is 0 Å². The van der Waals surface area contributed by atoms with Gasteiger partial charge in [-0.1, -0.05) is 13.8 Å². The van der Waals surface area contributed by atoms with Gasteiger partial charge in [-0.15, -0.1) is 0 Å². The van der Waals surface area contributed by atoms with Crippen molar-refractivity contribution in [3.05, 3.63) is 18.2 Å². The number of rotatable bonds is 10. The third-order valence-electron chi connectivity index (χ3n) is 3.50. The Balaban J connectivity index is 0.00000484. The van der Waals surface area contributed by atoms with E-state index in [1.165, 1.54) is 26.4 Å². The Labute approximate surface area is 145 Å². The van der Waals surface area contributed by atoms with Crippen LogP contribution < -0.4 is 26.6 Å². The van der Waals surface area contributed by atoms with Crippen molar-refractivity contribution in [3.8, 4) is 11.5 Å². The molecule has 6 nitrogen and oxygen atoms in total. The van der Waals surface area contributed by atoms with Gasteiger partial charge in [0.2, 0.25) is 10.0 Å². The van der Waals surface area contributed by atoms with Crippen LogP contribution in [-0.4, -0.2) is 53.7 Å². The van der Waals surface area contributed by atoms with Crippen molar-refractivity contribution < 1.29 is 30.3 Å². The van der Waals surface area contributed by atoms with Gasteiger partial charge in [0.25, 0.3) is 0 Å². The fraction of sp³-hybridized carbons (Fsp3) is 0.600. The molecule has 1 N–H and O–H groups in total. The first-order valence-corrected chi connectivity index (χ1v) is 8.90. The lowest BCUT2D eigenvalue weighted by Crippen LogP contribution is -3.00. The van der Waals surface area contributed by atoms with E-state index in [9.17, 15) is 8.42 Å². The molecule has 1 rings (SSSR count). The monoisotopic (exact) mass is 365 g/mol. The minimum Gasteiger partial charge on any atom is -1.00 e. The molecule has 0 spiro atoms. The Morgan fingerprint density at radius 1 is 1.09 bits per heavy atom. The molecule has 0 unspecified atom stereocenters. The fourth-order valence-electron chi connectivity index (χ4n) is 2.12. The second kappa shape index (κ2) is 10.7. The summed E-state index contributed by atoms with van der Waals surface area (Å²) in [4.78, 5) is 2.43. The Morgan fingerprint density at radius 3 is 2.22 bits per heavy atom. The van der Waals surface area contributed by atoms with E-state index in [0.717, 1.165) is 26.1 Å². The van der Waals surface area contributed by atoms with Crippen molar-refractivity contribution in [2.45, 2.75) is 25.2 Å². The molecular formula is C15H26ClN2O4S-. The molecule has 0 aromatic heterocycles. The molecule has 0 radical (unpaired) electrons. The summed E-state index contributed by atoms with van der Waals surface area (Å²) in [5.74, 6) is 0.900. The maximum absolute atomic E-state index is 12.3. The third-order valence-corrected chi connectivity index (χ3v) is 4.96. The van der Waals surface area contributed by atoms with Crippen molar-refractivity contribution in [2.75, 3.05) is 40.4 Å². The molecule has 0 saturated heterocycles. The Morgan fingerprint density at radius 2 is 1.70 bits per heavy atom. The molecule has 0 atom stereocenters. The molecule has 8 heteroatoms. The van der Waals surface area contributed by atoms with E-state index < -0.39 is 10.0 Å². The van der Waals surface area contributed by atoms with Crippen LogP contribution in [0.2, 0.25) is 0 Å². The first-order valence-electron chi connectivity index (χ1n) is 7.42. The lowest BCUT2D eigenvalue weighted by molar-refractivity contribution is -0.00000782. The molecular weight excluding hydrogens is 340 g/mol. The summed E-state index contributed by atoms with van der Waals surface area (Å²) in [6, 6.07) is 4.56. The zero-order chi connectivity index (χ0) is 16.6. The normalized spacial score (nSPS) is 11.2. The zero-order valence-corrected chi connectivity index (χ0v) is 15.7. The number of ether oxygens (including phenoxy) is 2. The van der Waals surface area contributed by atoms with Gasteiger partial charge >= 0.3 is 0 Å². The molecule has 134 valence electrons. The highest BCUT2D eigenvalue weighted by Gasteiger charge is 2.16. The number of hydrogen-bond donors (Lipinski definition) is 1. The number of hydrogen-bond acceptors (Lipinski definition) is 5. The number of benzene rings is 1. The van der Waals surface area contributed by atoms with Gasteiger partial charge in [-0.25, -0.2) is 13.1 Å². The van der Waals surface area contributed by atoms with Crippen molar-refractivity contribution in [2.24, 2.45) is 0 Å². The average Bonchev–Trinajstić information content (AvgIpc) is 2.54. The highest BCUT2D eigenvalue weighted by molar-refractivity contribution is 7.89. The molecule has 0 heterocycles. The van der Waals surface area contributed by atoms with E-state index in [2.05, 4.69) is 23.5 Å². The first kappa shape index (κ1) is 22.0. The van der Waals surface area contributed by atoms with Crippen LogP contribution in [0.5, 0.6) is 11.5 Å². The highest BCUT2D eigenvalue weighted by Crippen LogP contribution is 2.29. The van der Waals surface area contributed by atoms with Gasteiger partial charge in [-0.2, -0.15) is 0 Å². The fourth-order valence-corrected chi connectivity index (χ4v) is 3.21. The number of nitrogens with one attached hydrogen (secondary N) is 1. The summed E-state index contributed by atoms with van der Waals surface area (Å²) < 4.78 is 37.4. The number of methoxy groups -OCH3 is 2. The molecule has 1 aromatic rings. The van der Waals surface area contributed by atoms with Gasteiger partial charge < -0.3 is 26.8 Å². The van der Waals surface area contributed by atoms with Crippen LogP contribution in [0.3, 0.4) is 0 Å². The summed E-state index contributed by atoms with van der Waals surface area (Å²) in [7, 11) is -0.544. The lowest BCUT2D eigenvalue weighted by Gasteiger charge is -2.17. The largest absolute Gasteiger partial charge is 1.00 e. The smallest absolute Gasteiger partial charge is 0.240 e. The van der Waals surface area contributed by atoms with Crippen LogP contribution in [0.4, 0.5) is 0 Å². The predicted molar refractivity (Wildman–Crippen MR) is 87.1 cm³/mol. The molecule has 1 aromatic carbocycles. The van der Waals surface area contributed by atoms with Crippen LogP contribution in [0.15, 0.2) is 23.1 Å². The first-order chi connectivity index (χ1) is 10.5. The standard InChI is InChI=1S/C15H26N2O4S.ClH/c1-5-17(6-2)11-7-10-16-22(18,19)13-8-9-14(20-3)15(12-13)21-4;/h8-9,12,16H,5-7,10-11H2,1-4H3;1H/p-1. The second-order valence-electron chi connectivity index (χ2n) is 4.80. The van der Waals surface area contributed by atoms with E-state index in [1.807, 2.05) is 0 Å². The van der Waals surface area contributed by atoms with Crippen LogP contribution in [0.25, 0.3) is 0 Å². The Kier molecular flexibility index (Phi) is 10.2. The second-order valence-corrected chi connectivity index (χ2v) is 6.56. The quantitative estimate of drug-likeness (QED) is 0.523. The van der Waals surface area contributed by atoms with Gasteiger partial charge in [-0.05, 0) is 38.2 Å². The van der Waals surface area contributed by atoms with Gasteiger partial charge in [-0.3, -0.25) is 0 Å². The number of halogens is 1. The van der Waals surface area contributed by atoms with Gasteiger partial charge in [0.1, 0.15) is 0 Å². The summed E-state index contributed by atoms with van der Waals surface area (Å²) in [5, 5.41) is 0. The Hall–Kier alpha value is -1.02. The average molecular weight is 366 g/mol. The Bertz CT molecular complexity index is 563. The molecule has 0 amide bonds. The van der Waals surface area contributed by atoms with E-state index in [-0.39, 0.29) is 17.3 Å². The molecule has 0 aliphatic carbocycles. The van der Waals surface area contributed by atoms with Crippen molar-refractivity contribution in [1.29, 1.82) is 0 Å². The predicted octanol–water partition coefficient (Wildman–Crippen LogP) is -1.28. The van der Waals surface area contributed by atoms with Crippen molar-refractivity contribution in [3.63, 3.8) is 0 Å². The van der Waals surface area contributed by atoms with Crippen LogP contribution in [-0.2, 0) is 10.0 Å². The van der Waals surface area contributed by atoms with E-state index in [4.69, 9.17) is 9.47 Å². The van der Waals surface area contributed by atoms with Gasteiger partial charge in [0.05, 0.1) is 19.1 Å². The topological polar surface area (TPSA) is 67.9 Å². The van der Waals surface area contributed by atoms with E-state index >= 15 is 0 Å². The summed E-state index contributed by atoms with van der Waals surface area (Å²) in [6.07, 6.45) is 0.772. The van der Waals surface area contributed by atoms with Crippen molar-refractivity contribution >= 4 is 10.0 Å². The molecule has 0 fully saturated rings. The molecule has 0 aliphatic heterocycles. The summed E-state index contributed by atoms with van der Waals surface area (Å²) >= 11 is 0. The van der Waals surface area contributed by atoms with E-state index in [1.54, 1.807) is 6.07 Å².